The number of thiocarbonyl (C=S) groups is 1. The smallest absolute Gasteiger partial charge is 0.251 e. The van der Waals surface area contributed by atoms with Crippen LogP contribution in [0.15, 0.2) is 28.7 Å². The van der Waals surface area contributed by atoms with Crippen molar-refractivity contribution in [2.24, 2.45) is 5.73 Å². The van der Waals surface area contributed by atoms with E-state index in [0.717, 1.165) is 10.9 Å². The lowest BCUT2D eigenvalue weighted by Gasteiger charge is -2.16. The Bertz CT molecular complexity index is 405. The molecule has 0 radical (unpaired) electrons. The van der Waals surface area contributed by atoms with Gasteiger partial charge in [0.05, 0.1) is 4.99 Å². The molecule has 0 aliphatic heterocycles. The molecule has 0 fully saturated rings. The molecule has 1 aromatic carbocycles. The Morgan fingerprint density at radius 2 is 2.06 bits per heavy atom. The standard InChI is InChI=1S/C12H15BrN2OS/c1-2-10(7-11(14)17)15-12(16)8-3-5-9(13)6-4-8/h3-6,10H,2,7H2,1H3,(H2,14,17)(H,15,16). The van der Waals surface area contributed by atoms with Crippen LogP contribution in [0.2, 0.25) is 0 Å². The van der Waals surface area contributed by atoms with Gasteiger partial charge in [0.15, 0.2) is 0 Å². The minimum Gasteiger partial charge on any atom is -0.393 e. The van der Waals surface area contributed by atoms with Crippen molar-refractivity contribution in [3.05, 3.63) is 34.3 Å². The van der Waals surface area contributed by atoms with E-state index in [1.165, 1.54) is 0 Å². The number of hydrogen-bond acceptors (Lipinski definition) is 2. The first-order valence-electron chi connectivity index (χ1n) is 5.37. The van der Waals surface area contributed by atoms with Gasteiger partial charge in [-0.15, -0.1) is 0 Å². The number of nitrogens with two attached hydrogens (primary N) is 1. The van der Waals surface area contributed by atoms with Crippen LogP contribution in [0.1, 0.15) is 30.1 Å². The Kier molecular flexibility index (Phi) is 5.58. The Labute approximate surface area is 115 Å². The first-order chi connectivity index (χ1) is 8.02. The van der Waals surface area contributed by atoms with Gasteiger partial charge in [-0.1, -0.05) is 35.1 Å². The summed E-state index contributed by atoms with van der Waals surface area (Å²) in [6, 6.07) is 7.22. The van der Waals surface area contributed by atoms with Crippen molar-refractivity contribution in [1.82, 2.24) is 5.32 Å². The molecule has 3 N–H and O–H groups in total. The Morgan fingerprint density at radius 3 is 2.53 bits per heavy atom. The van der Waals surface area contributed by atoms with E-state index in [1.807, 2.05) is 19.1 Å². The molecule has 5 heteroatoms. The maximum atomic E-state index is 11.9. The molecule has 1 atom stereocenters. The summed E-state index contributed by atoms with van der Waals surface area (Å²) in [4.78, 5) is 12.3. The number of carbonyl (C=O) groups is 1. The molecule has 0 aromatic heterocycles. The molecule has 1 amide bonds. The second kappa shape index (κ2) is 6.71. The molecule has 1 rings (SSSR count). The molecule has 0 heterocycles. The van der Waals surface area contributed by atoms with Crippen molar-refractivity contribution >= 4 is 39.0 Å². The number of carbonyl (C=O) groups excluding carboxylic acids is 1. The van der Waals surface area contributed by atoms with Crippen molar-refractivity contribution in [2.75, 3.05) is 0 Å². The molecule has 17 heavy (non-hydrogen) atoms. The molecule has 0 bridgehead atoms. The van der Waals surface area contributed by atoms with Crippen molar-refractivity contribution in [3.8, 4) is 0 Å². The monoisotopic (exact) mass is 314 g/mol. The summed E-state index contributed by atoms with van der Waals surface area (Å²) in [7, 11) is 0. The van der Waals surface area contributed by atoms with Gasteiger partial charge in [0, 0.05) is 22.5 Å². The van der Waals surface area contributed by atoms with E-state index < -0.39 is 0 Å². The topological polar surface area (TPSA) is 55.1 Å². The summed E-state index contributed by atoms with van der Waals surface area (Å²) in [5.74, 6) is -0.0967. The lowest BCUT2D eigenvalue weighted by Crippen LogP contribution is -2.37. The molecule has 0 aliphatic rings. The number of rotatable bonds is 5. The number of amides is 1. The summed E-state index contributed by atoms with van der Waals surface area (Å²) in [5, 5.41) is 2.91. The van der Waals surface area contributed by atoms with Gasteiger partial charge in [0.25, 0.3) is 5.91 Å². The van der Waals surface area contributed by atoms with Crippen LogP contribution in [0.5, 0.6) is 0 Å². The highest BCUT2D eigenvalue weighted by atomic mass is 79.9. The Balaban J connectivity index is 2.64. The van der Waals surface area contributed by atoms with Crippen LogP contribution in [0, 0.1) is 0 Å². The summed E-state index contributed by atoms with van der Waals surface area (Å²) in [6.45, 7) is 1.99. The first kappa shape index (κ1) is 14.1. The third kappa shape index (κ3) is 4.83. The fourth-order valence-corrected chi connectivity index (χ4v) is 1.88. The fourth-order valence-electron chi connectivity index (χ4n) is 1.41. The predicted octanol–water partition coefficient (Wildman–Crippen LogP) is 2.63. The van der Waals surface area contributed by atoms with Gasteiger partial charge < -0.3 is 11.1 Å². The van der Waals surface area contributed by atoms with E-state index in [9.17, 15) is 4.79 Å². The molecule has 1 unspecified atom stereocenters. The highest BCUT2D eigenvalue weighted by Crippen LogP contribution is 2.11. The van der Waals surface area contributed by atoms with E-state index in [4.69, 9.17) is 18.0 Å². The second-order valence-corrected chi connectivity index (χ2v) is 5.20. The summed E-state index contributed by atoms with van der Waals surface area (Å²) >= 11 is 8.17. The lowest BCUT2D eigenvalue weighted by atomic mass is 10.1. The number of hydrogen-bond donors (Lipinski definition) is 2. The van der Waals surface area contributed by atoms with Gasteiger partial charge in [0.1, 0.15) is 0 Å². The summed E-state index contributed by atoms with van der Waals surface area (Å²) < 4.78 is 0.948. The number of nitrogens with one attached hydrogen (secondary N) is 1. The second-order valence-electron chi connectivity index (χ2n) is 3.76. The molecule has 0 aliphatic carbocycles. The van der Waals surface area contributed by atoms with Gasteiger partial charge in [0.2, 0.25) is 0 Å². The zero-order valence-electron chi connectivity index (χ0n) is 9.57. The van der Waals surface area contributed by atoms with Crippen LogP contribution in [0.4, 0.5) is 0 Å². The minimum absolute atomic E-state index is 0.00338. The fraction of sp³-hybridized carbons (Fsp3) is 0.333. The molecular formula is C12H15BrN2OS. The first-order valence-corrected chi connectivity index (χ1v) is 6.57. The summed E-state index contributed by atoms with van der Waals surface area (Å²) in [5.41, 5.74) is 6.11. The van der Waals surface area contributed by atoms with E-state index >= 15 is 0 Å². The Hall–Kier alpha value is -0.940. The van der Waals surface area contributed by atoms with Gasteiger partial charge in [-0.05, 0) is 30.7 Å². The average Bonchev–Trinajstić information content (AvgIpc) is 2.28. The SMILES string of the molecule is CCC(CC(N)=S)NC(=O)c1ccc(Br)cc1. The largest absolute Gasteiger partial charge is 0.393 e. The van der Waals surface area contributed by atoms with Gasteiger partial charge in [-0.2, -0.15) is 0 Å². The number of benzene rings is 1. The quantitative estimate of drug-likeness (QED) is 0.821. The van der Waals surface area contributed by atoms with E-state index in [2.05, 4.69) is 21.2 Å². The molecule has 0 saturated heterocycles. The van der Waals surface area contributed by atoms with E-state index in [-0.39, 0.29) is 11.9 Å². The number of halogens is 1. The zero-order chi connectivity index (χ0) is 12.8. The molecule has 0 saturated carbocycles. The molecule has 1 aromatic rings. The van der Waals surface area contributed by atoms with E-state index in [1.54, 1.807) is 12.1 Å². The van der Waals surface area contributed by atoms with Crippen LogP contribution in [-0.2, 0) is 0 Å². The average molecular weight is 315 g/mol. The maximum Gasteiger partial charge on any atom is 0.251 e. The molecule has 92 valence electrons. The van der Waals surface area contributed by atoms with Gasteiger partial charge in [-0.25, -0.2) is 0 Å². The molecule has 0 spiro atoms. The van der Waals surface area contributed by atoms with Crippen LogP contribution < -0.4 is 11.1 Å². The summed E-state index contributed by atoms with van der Waals surface area (Å²) in [6.07, 6.45) is 1.34. The van der Waals surface area contributed by atoms with Crippen molar-refractivity contribution in [2.45, 2.75) is 25.8 Å². The maximum absolute atomic E-state index is 11.9. The minimum atomic E-state index is -0.0967. The third-order valence-corrected chi connectivity index (χ3v) is 3.08. The third-order valence-electron chi connectivity index (χ3n) is 2.38. The van der Waals surface area contributed by atoms with Crippen LogP contribution >= 0.6 is 28.1 Å². The molecular weight excluding hydrogens is 300 g/mol. The van der Waals surface area contributed by atoms with Crippen molar-refractivity contribution in [3.63, 3.8) is 0 Å². The van der Waals surface area contributed by atoms with Gasteiger partial charge in [-0.3, -0.25) is 4.79 Å². The highest BCUT2D eigenvalue weighted by molar-refractivity contribution is 9.10. The van der Waals surface area contributed by atoms with Crippen LogP contribution in [0.25, 0.3) is 0 Å². The zero-order valence-corrected chi connectivity index (χ0v) is 12.0. The van der Waals surface area contributed by atoms with Gasteiger partial charge >= 0.3 is 0 Å². The Morgan fingerprint density at radius 1 is 1.47 bits per heavy atom. The highest BCUT2D eigenvalue weighted by Gasteiger charge is 2.12. The molecule has 3 nitrogen and oxygen atoms in total. The van der Waals surface area contributed by atoms with E-state index in [0.29, 0.717) is 17.0 Å². The van der Waals surface area contributed by atoms with Crippen molar-refractivity contribution in [1.29, 1.82) is 0 Å². The van der Waals surface area contributed by atoms with Crippen molar-refractivity contribution < 1.29 is 4.79 Å². The van der Waals surface area contributed by atoms with Crippen LogP contribution in [0.3, 0.4) is 0 Å². The lowest BCUT2D eigenvalue weighted by molar-refractivity contribution is 0.0937. The van der Waals surface area contributed by atoms with Crippen LogP contribution in [-0.4, -0.2) is 16.9 Å². The predicted molar refractivity (Wildman–Crippen MR) is 77.1 cm³/mol. The normalized spacial score (nSPS) is 11.9.